The molecule has 1 aliphatic rings. The average Bonchev–Trinajstić information content (AvgIpc) is 3.09. The second-order valence-electron chi connectivity index (χ2n) is 3.62. The first-order valence-corrected chi connectivity index (χ1v) is 4.68. The molecule has 0 radical (unpaired) electrons. The number of methoxy groups -OCH3 is 1. The molecule has 15 heavy (non-hydrogen) atoms. The molecule has 0 spiro atoms. The summed E-state index contributed by atoms with van der Waals surface area (Å²) in [6.07, 6.45) is 3.04. The van der Waals surface area contributed by atoms with Crippen LogP contribution in [0.1, 0.15) is 24.1 Å². The summed E-state index contributed by atoms with van der Waals surface area (Å²) in [5, 5.41) is 8.62. The molecule has 0 atom stereocenters. The highest BCUT2D eigenvalue weighted by Crippen LogP contribution is 2.48. The Morgan fingerprint density at radius 3 is 2.73 bits per heavy atom. The van der Waals surface area contributed by atoms with E-state index in [1.807, 2.05) is 6.07 Å². The molecule has 1 saturated carbocycles. The zero-order valence-electron chi connectivity index (χ0n) is 8.36. The third-order valence-corrected chi connectivity index (χ3v) is 2.71. The van der Waals surface area contributed by atoms with Crippen LogP contribution in [0.2, 0.25) is 0 Å². The number of nitriles is 1. The fourth-order valence-corrected chi connectivity index (χ4v) is 1.63. The number of pyridine rings is 1. The summed E-state index contributed by atoms with van der Waals surface area (Å²) in [6, 6.07) is 5.39. The van der Waals surface area contributed by atoms with Crippen molar-refractivity contribution >= 4 is 5.97 Å². The lowest BCUT2D eigenvalue weighted by Gasteiger charge is -2.11. The molecule has 1 aromatic heterocycles. The van der Waals surface area contributed by atoms with Crippen molar-refractivity contribution in [2.75, 3.05) is 7.11 Å². The van der Waals surface area contributed by atoms with Gasteiger partial charge in [-0.1, -0.05) is 0 Å². The van der Waals surface area contributed by atoms with Crippen LogP contribution in [0.25, 0.3) is 0 Å². The van der Waals surface area contributed by atoms with Crippen molar-refractivity contribution in [1.29, 1.82) is 5.26 Å². The highest BCUT2D eigenvalue weighted by molar-refractivity contribution is 5.85. The number of ether oxygens (including phenoxy) is 1. The standard InChI is InChI=1S/C11H10N2O2/c1-15-10(14)11(4-5-11)9-3-2-8(6-12)7-13-9/h2-3,7H,4-5H2,1H3. The van der Waals surface area contributed by atoms with E-state index in [0.29, 0.717) is 11.3 Å². The molecule has 1 aromatic rings. The van der Waals surface area contributed by atoms with Crippen molar-refractivity contribution in [2.45, 2.75) is 18.3 Å². The van der Waals surface area contributed by atoms with Gasteiger partial charge in [0.15, 0.2) is 0 Å². The minimum absolute atomic E-state index is 0.236. The second-order valence-corrected chi connectivity index (χ2v) is 3.62. The highest BCUT2D eigenvalue weighted by Gasteiger charge is 2.53. The van der Waals surface area contributed by atoms with Crippen LogP contribution in [0.4, 0.5) is 0 Å². The average molecular weight is 202 g/mol. The van der Waals surface area contributed by atoms with Crippen LogP contribution in [0.15, 0.2) is 18.3 Å². The fraction of sp³-hybridized carbons (Fsp3) is 0.364. The summed E-state index contributed by atoms with van der Waals surface area (Å²) in [5.41, 5.74) is 0.663. The van der Waals surface area contributed by atoms with Crippen LogP contribution < -0.4 is 0 Å². The molecule has 76 valence electrons. The maximum atomic E-state index is 11.5. The third-order valence-electron chi connectivity index (χ3n) is 2.71. The Morgan fingerprint density at radius 2 is 2.33 bits per heavy atom. The molecule has 1 aliphatic carbocycles. The van der Waals surface area contributed by atoms with Crippen molar-refractivity contribution in [3.8, 4) is 6.07 Å². The van der Waals surface area contributed by atoms with E-state index >= 15 is 0 Å². The summed E-state index contributed by atoms with van der Waals surface area (Å²) >= 11 is 0. The largest absolute Gasteiger partial charge is 0.468 e. The molecule has 0 unspecified atom stereocenters. The zero-order chi connectivity index (χ0) is 10.9. The Balaban J connectivity index is 2.31. The maximum Gasteiger partial charge on any atom is 0.317 e. The van der Waals surface area contributed by atoms with Gasteiger partial charge in [-0.25, -0.2) is 0 Å². The van der Waals surface area contributed by atoms with E-state index < -0.39 is 5.41 Å². The van der Waals surface area contributed by atoms with Gasteiger partial charge in [-0.15, -0.1) is 0 Å². The van der Waals surface area contributed by atoms with E-state index in [1.165, 1.54) is 13.3 Å². The Morgan fingerprint density at radius 1 is 1.60 bits per heavy atom. The lowest BCUT2D eigenvalue weighted by Crippen LogP contribution is -2.22. The summed E-state index contributed by atoms with van der Waals surface area (Å²) in [4.78, 5) is 15.7. The Kier molecular flexibility index (Phi) is 2.16. The minimum atomic E-state index is -0.539. The summed E-state index contributed by atoms with van der Waals surface area (Å²) in [5.74, 6) is -0.236. The van der Waals surface area contributed by atoms with Gasteiger partial charge < -0.3 is 4.74 Å². The SMILES string of the molecule is COC(=O)C1(c2ccc(C#N)cn2)CC1. The van der Waals surface area contributed by atoms with Crippen molar-refractivity contribution in [3.63, 3.8) is 0 Å². The Labute approximate surface area is 87.5 Å². The monoisotopic (exact) mass is 202 g/mol. The van der Waals surface area contributed by atoms with Gasteiger partial charge >= 0.3 is 5.97 Å². The first kappa shape index (κ1) is 9.66. The molecular weight excluding hydrogens is 192 g/mol. The minimum Gasteiger partial charge on any atom is -0.468 e. The number of carbonyl (C=O) groups excluding carboxylic acids is 1. The molecular formula is C11H10N2O2. The number of hydrogen-bond acceptors (Lipinski definition) is 4. The molecule has 1 heterocycles. The van der Waals surface area contributed by atoms with Gasteiger partial charge in [0.05, 0.1) is 18.4 Å². The van der Waals surface area contributed by atoms with Crippen molar-refractivity contribution in [2.24, 2.45) is 0 Å². The van der Waals surface area contributed by atoms with Crippen LogP contribution in [-0.2, 0) is 14.9 Å². The topological polar surface area (TPSA) is 63.0 Å². The molecule has 0 aliphatic heterocycles. The first-order valence-electron chi connectivity index (χ1n) is 4.68. The summed E-state index contributed by atoms with van der Waals surface area (Å²) in [6.45, 7) is 0. The maximum absolute atomic E-state index is 11.5. The number of carbonyl (C=O) groups is 1. The molecule has 0 amide bonds. The van der Waals surface area contributed by atoms with E-state index in [1.54, 1.807) is 12.1 Å². The van der Waals surface area contributed by atoms with Crippen molar-refractivity contribution in [1.82, 2.24) is 4.98 Å². The second kappa shape index (κ2) is 3.35. The van der Waals surface area contributed by atoms with Gasteiger partial charge in [0.1, 0.15) is 11.5 Å². The van der Waals surface area contributed by atoms with Gasteiger partial charge in [-0.2, -0.15) is 5.26 Å². The van der Waals surface area contributed by atoms with Crippen molar-refractivity contribution in [3.05, 3.63) is 29.6 Å². The summed E-state index contributed by atoms with van der Waals surface area (Å²) < 4.78 is 4.74. The molecule has 0 N–H and O–H groups in total. The molecule has 4 heteroatoms. The molecule has 2 rings (SSSR count). The van der Waals surface area contributed by atoms with Gasteiger partial charge in [0.25, 0.3) is 0 Å². The number of nitrogens with zero attached hydrogens (tertiary/aromatic N) is 2. The van der Waals surface area contributed by atoms with E-state index in [2.05, 4.69) is 4.98 Å². The number of hydrogen-bond donors (Lipinski definition) is 0. The Hall–Kier alpha value is -1.89. The van der Waals surface area contributed by atoms with E-state index in [-0.39, 0.29) is 5.97 Å². The van der Waals surface area contributed by atoms with Gasteiger partial charge in [0, 0.05) is 6.20 Å². The molecule has 0 saturated heterocycles. The lowest BCUT2D eigenvalue weighted by molar-refractivity contribution is -0.143. The van der Waals surface area contributed by atoms with Crippen LogP contribution in [0.5, 0.6) is 0 Å². The fourth-order valence-electron chi connectivity index (χ4n) is 1.63. The number of rotatable bonds is 2. The van der Waals surface area contributed by atoms with E-state index in [9.17, 15) is 4.79 Å². The Bertz CT molecular complexity index is 427. The predicted octanol–water partition coefficient (Wildman–Crippen LogP) is 1.16. The number of esters is 1. The molecule has 0 aromatic carbocycles. The van der Waals surface area contributed by atoms with Crippen molar-refractivity contribution < 1.29 is 9.53 Å². The molecule has 1 fully saturated rings. The van der Waals surface area contributed by atoms with Crippen LogP contribution >= 0.6 is 0 Å². The lowest BCUT2D eigenvalue weighted by atomic mass is 10.0. The van der Waals surface area contributed by atoms with Crippen LogP contribution in [0.3, 0.4) is 0 Å². The normalized spacial score (nSPS) is 16.5. The third kappa shape index (κ3) is 1.46. The predicted molar refractivity (Wildman–Crippen MR) is 51.9 cm³/mol. The van der Waals surface area contributed by atoms with E-state index in [4.69, 9.17) is 10.00 Å². The van der Waals surface area contributed by atoms with E-state index in [0.717, 1.165) is 12.8 Å². The highest BCUT2D eigenvalue weighted by atomic mass is 16.5. The van der Waals surface area contributed by atoms with Gasteiger partial charge in [-0.3, -0.25) is 9.78 Å². The van der Waals surface area contributed by atoms with Gasteiger partial charge in [-0.05, 0) is 25.0 Å². The van der Waals surface area contributed by atoms with Crippen LogP contribution in [-0.4, -0.2) is 18.1 Å². The first-order chi connectivity index (χ1) is 7.23. The quantitative estimate of drug-likeness (QED) is 0.675. The number of aromatic nitrogens is 1. The summed E-state index contributed by atoms with van der Waals surface area (Å²) in [7, 11) is 1.38. The molecule has 0 bridgehead atoms. The van der Waals surface area contributed by atoms with Gasteiger partial charge in [0.2, 0.25) is 0 Å². The molecule has 4 nitrogen and oxygen atoms in total. The van der Waals surface area contributed by atoms with Crippen LogP contribution in [0, 0.1) is 11.3 Å². The zero-order valence-corrected chi connectivity index (χ0v) is 8.36. The smallest absolute Gasteiger partial charge is 0.317 e.